The molecule has 0 spiro atoms. The monoisotopic (exact) mass is 299 g/mol. The Kier molecular flexibility index (Phi) is 6.05. The highest BCUT2D eigenvalue weighted by molar-refractivity contribution is 5.68. The van der Waals surface area contributed by atoms with Crippen molar-refractivity contribution in [1.29, 1.82) is 0 Å². The van der Waals surface area contributed by atoms with Gasteiger partial charge in [-0.1, -0.05) is 0 Å². The highest BCUT2D eigenvalue weighted by Crippen LogP contribution is 2.14. The minimum atomic E-state index is -0.461. The second kappa shape index (κ2) is 6.97. The van der Waals surface area contributed by atoms with Gasteiger partial charge in [-0.15, -0.1) is 0 Å². The van der Waals surface area contributed by atoms with Crippen LogP contribution in [0.25, 0.3) is 0 Å². The number of carbonyl (C=O) groups excluding carboxylic acids is 1. The van der Waals surface area contributed by atoms with Crippen LogP contribution in [0, 0.1) is 0 Å². The maximum absolute atomic E-state index is 11.8. The van der Waals surface area contributed by atoms with Crippen LogP contribution in [-0.4, -0.2) is 53.9 Å². The van der Waals surface area contributed by atoms with Crippen molar-refractivity contribution in [2.24, 2.45) is 0 Å². The van der Waals surface area contributed by atoms with E-state index in [9.17, 15) is 4.79 Å². The normalized spacial score (nSPS) is 20.9. The van der Waals surface area contributed by atoms with E-state index in [0.717, 1.165) is 19.6 Å². The number of hydrogen-bond donors (Lipinski definition) is 2. The molecular formula is C16H33N3O2. The molecule has 1 aliphatic rings. The van der Waals surface area contributed by atoms with Gasteiger partial charge in [-0.3, -0.25) is 4.90 Å². The van der Waals surface area contributed by atoms with Gasteiger partial charge in [0.25, 0.3) is 0 Å². The SMILES string of the molecule is CC(C)N1CCC(NCC(C)(C)NC(=O)OC(C)(C)C)C1. The molecule has 0 radical (unpaired) electrons. The molecule has 21 heavy (non-hydrogen) atoms. The molecule has 124 valence electrons. The molecular weight excluding hydrogens is 266 g/mol. The molecule has 5 heteroatoms. The first-order valence-corrected chi connectivity index (χ1v) is 7.97. The van der Waals surface area contributed by atoms with Crippen molar-refractivity contribution in [3.63, 3.8) is 0 Å². The van der Waals surface area contributed by atoms with E-state index in [4.69, 9.17) is 4.74 Å². The lowest BCUT2D eigenvalue weighted by atomic mass is 10.1. The maximum Gasteiger partial charge on any atom is 0.408 e. The van der Waals surface area contributed by atoms with Gasteiger partial charge in [0.2, 0.25) is 0 Å². The molecule has 2 N–H and O–H groups in total. The number of alkyl carbamates (subject to hydrolysis) is 1. The van der Waals surface area contributed by atoms with Crippen molar-refractivity contribution in [1.82, 2.24) is 15.5 Å². The molecule has 0 aliphatic carbocycles. The van der Waals surface area contributed by atoms with Gasteiger partial charge in [-0.25, -0.2) is 4.79 Å². The summed E-state index contributed by atoms with van der Waals surface area (Å²) in [6.07, 6.45) is 0.810. The van der Waals surface area contributed by atoms with Crippen LogP contribution in [0.5, 0.6) is 0 Å². The van der Waals surface area contributed by atoms with Crippen LogP contribution >= 0.6 is 0 Å². The minimum Gasteiger partial charge on any atom is -0.444 e. The van der Waals surface area contributed by atoms with Crippen LogP contribution in [-0.2, 0) is 4.74 Å². The minimum absolute atomic E-state index is 0.326. The lowest BCUT2D eigenvalue weighted by Gasteiger charge is -2.30. The van der Waals surface area contributed by atoms with E-state index >= 15 is 0 Å². The Labute approximate surface area is 129 Å². The van der Waals surface area contributed by atoms with Crippen LogP contribution in [0.15, 0.2) is 0 Å². The van der Waals surface area contributed by atoms with Gasteiger partial charge < -0.3 is 15.4 Å². The predicted octanol–water partition coefficient (Wildman–Crippen LogP) is 2.36. The number of hydrogen-bond acceptors (Lipinski definition) is 4. The summed E-state index contributed by atoms with van der Waals surface area (Å²) in [5.41, 5.74) is -0.787. The Bertz CT molecular complexity index is 348. The van der Waals surface area contributed by atoms with Gasteiger partial charge in [0.1, 0.15) is 5.60 Å². The zero-order valence-corrected chi connectivity index (χ0v) is 14.7. The first kappa shape index (κ1) is 18.2. The molecule has 0 aromatic rings. The molecule has 0 bridgehead atoms. The van der Waals surface area contributed by atoms with Crippen LogP contribution in [0.1, 0.15) is 54.9 Å². The van der Waals surface area contributed by atoms with Gasteiger partial charge in [0, 0.05) is 25.2 Å². The van der Waals surface area contributed by atoms with E-state index in [-0.39, 0.29) is 11.6 Å². The summed E-state index contributed by atoms with van der Waals surface area (Å²) in [5.74, 6) is 0. The molecule has 1 aliphatic heterocycles. The first-order chi connectivity index (χ1) is 9.48. The molecule has 1 unspecified atom stereocenters. The summed E-state index contributed by atoms with van der Waals surface area (Å²) in [5, 5.41) is 6.50. The van der Waals surface area contributed by atoms with Gasteiger partial charge in [-0.2, -0.15) is 0 Å². The highest BCUT2D eigenvalue weighted by atomic mass is 16.6. The Morgan fingerprint density at radius 1 is 1.29 bits per heavy atom. The van der Waals surface area contributed by atoms with E-state index in [1.165, 1.54) is 6.42 Å². The summed E-state index contributed by atoms with van der Waals surface area (Å²) in [6, 6.07) is 1.11. The van der Waals surface area contributed by atoms with E-state index < -0.39 is 5.60 Å². The summed E-state index contributed by atoms with van der Waals surface area (Å²) < 4.78 is 5.31. The van der Waals surface area contributed by atoms with Gasteiger partial charge in [0.15, 0.2) is 0 Å². The number of nitrogens with one attached hydrogen (secondary N) is 2. The zero-order chi connectivity index (χ0) is 16.3. The number of ether oxygens (including phenoxy) is 1. The predicted molar refractivity (Wildman–Crippen MR) is 86.6 cm³/mol. The molecule has 1 rings (SSSR count). The largest absolute Gasteiger partial charge is 0.444 e. The van der Waals surface area contributed by atoms with Gasteiger partial charge in [0.05, 0.1) is 5.54 Å². The molecule has 1 fully saturated rings. The fourth-order valence-corrected chi connectivity index (χ4v) is 2.45. The van der Waals surface area contributed by atoms with Gasteiger partial charge >= 0.3 is 6.09 Å². The van der Waals surface area contributed by atoms with E-state index in [1.54, 1.807) is 0 Å². The van der Waals surface area contributed by atoms with Crippen molar-refractivity contribution in [2.45, 2.75) is 78.1 Å². The molecule has 5 nitrogen and oxygen atoms in total. The summed E-state index contributed by atoms with van der Waals surface area (Å²) >= 11 is 0. The van der Waals surface area contributed by atoms with Crippen molar-refractivity contribution in [2.75, 3.05) is 19.6 Å². The Morgan fingerprint density at radius 3 is 2.38 bits per heavy atom. The number of nitrogens with zero attached hydrogens (tertiary/aromatic N) is 1. The molecule has 0 aromatic carbocycles. The van der Waals surface area contributed by atoms with Crippen LogP contribution < -0.4 is 10.6 Å². The highest BCUT2D eigenvalue weighted by Gasteiger charge is 2.28. The van der Waals surface area contributed by atoms with Crippen LogP contribution in [0.2, 0.25) is 0 Å². The summed E-state index contributed by atoms with van der Waals surface area (Å²) in [7, 11) is 0. The molecule has 1 atom stereocenters. The molecule has 1 amide bonds. The topological polar surface area (TPSA) is 53.6 Å². The van der Waals surface area contributed by atoms with Crippen LogP contribution in [0.4, 0.5) is 4.79 Å². The van der Waals surface area contributed by atoms with Crippen molar-refractivity contribution in [3.8, 4) is 0 Å². The molecule has 0 aromatic heterocycles. The third-order valence-electron chi connectivity index (χ3n) is 3.62. The number of carbonyl (C=O) groups is 1. The lowest BCUT2D eigenvalue weighted by Crippen LogP contribution is -2.53. The quantitative estimate of drug-likeness (QED) is 0.818. The molecule has 1 heterocycles. The number of rotatable bonds is 5. The van der Waals surface area contributed by atoms with Crippen molar-refractivity contribution >= 4 is 6.09 Å². The average Bonchev–Trinajstić information content (AvgIpc) is 2.71. The lowest BCUT2D eigenvalue weighted by molar-refractivity contribution is 0.0470. The fourth-order valence-electron chi connectivity index (χ4n) is 2.45. The van der Waals surface area contributed by atoms with Crippen LogP contribution in [0.3, 0.4) is 0 Å². The molecule has 0 saturated carbocycles. The molecule has 1 saturated heterocycles. The Balaban J connectivity index is 2.35. The van der Waals surface area contributed by atoms with E-state index in [1.807, 2.05) is 34.6 Å². The zero-order valence-electron chi connectivity index (χ0n) is 14.7. The smallest absolute Gasteiger partial charge is 0.408 e. The number of amides is 1. The standard InChI is InChI=1S/C16H33N3O2/c1-12(2)19-9-8-13(10-19)17-11-16(6,7)18-14(20)21-15(3,4)5/h12-13,17H,8-11H2,1-7H3,(H,18,20). The fraction of sp³-hybridized carbons (Fsp3) is 0.938. The second-order valence-corrected chi connectivity index (χ2v) is 7.97. The number of likely N-dealkylation sites (tertiary alicyclic amines) is 1. The Morgan fingerprint density at radius 2 is 1.90 bits per heavy atom. The first-order valence-electron chi connectivity index (χ1n) is 7.97. The average molecular weight is 299 g/mol. The maximum atomic E-state index is 11.8. The Hall–Kier alpha value is -0.810. The van der Waals surface area contributed by atoms with Crippen molar-refractivity contribution < 1.29 is 9.53 Å². The van der Waals surface area contributed by atoms with E-state index in [0.29, 0.717) is 12.1 Å². The van der Waals surface area contributed by atoms with E-state index in [2.05, 4.69) is 29.4 Å². The third kappa shape index (κ3) is 7.14. The third-order valence-corrected chi connectivity index (χ3v) is 3.62. The summed E-state index contributed by atoms with van der Waals surface area (Å²) in [4.78, 5) is 14.3. The second-order valence-electron chi connectivity index (χ2n) is 7.97. The van der Waals surface area contributed by atoms with Gasteiger partial charge in [-0.05, 0) is 61.4 Å². The summed E-state index contributed by atoms with van der Waals surface area (Å²) in [6.45, 7) is 17.1. The van der Waals surface area contributed by atoms with Crippen molar-refractivity contribution in [3.05, 3.63) is 0 Å².